The standard InChI is InChI=1S/C15H15N7O/c1-15(2)12-9(7-18-14(15)23)4-3-5-11(12)17-8-10(6-16)13-19-21-22-20-13/h3-5,8,17H,7H2,1-2H3,(H,18,23)(H,19,20,21,22). The summed E-state index contributed by atoms with van der Waals surface area (Å²) in [5, 5.41) is 28.5. The van der Waals surface area contributed by atoms with Gasteiger partial charge in [-0.05, 0) is 36.3 Å². The molecule has 0 bridgehead atoms. The third kappa shape index (κ3) is 2.53. The lowest BCUT2D eigenvalue weighted by Crippen LogP contribution is -2.45. The van der Waals surface area contributed by atoms with Crippen LogP contribution in [0.5, 0.6) is 0 Å². The highest BCUT2D eigenvalue weighted by Gasteiger charge is 2.37. The maximum Gasteiger partial charge on any atom is 0.230 e. The van der Waals surface area contributed by atoms with Gasteiger partial charge in [0.05, 0.1) is 5.41 Å². The van der Waals surface area contributed by atoms with E-state index in [1.54, 1.807) is 0 Å². The average molecular weight is 309 g/mol. The number of benzene rings is 1. The van der Waals surface area contributed by atoms with E-state index >= 15 is 0 Å². The molecule has 0 radical (unpaired) electrons. The highest BCUT2D eigenvalue weighted by Crippen LogP contribution is 2.36. The van der Waals surface area contributed by atoms with Crippen molar-refractivity contribution in [3.05, 3.63) is 41.4 Å². The smallest absolute Gasteiger partial charge is 0.230 e. The van der Waals surface area contributed by atoms with Gasteiger partial charge in [0, 0.05) is 18.4 Å². The number of carbonyl (C=O) groups excluding carboxylic acids is 1. The molecule has 116 valence electrons. The van der Waals surface area contributed by atoms with Crippen LogP contribution in [0.2, 0.25) is 0 Å². The minimum atomic E-state index is -0.663. The molecule has 3 N–H and O–H groups in total. The second-order valence-electron chi connectivity index (χ2n) is 5.70. The molecule has 1 amide bonds. The molecule has 0 saturated carbocycles. The predicted molar refractivity (Wildman–Crippen MR) is 82.7 cm³/mol. The maximum atomic E-state index is 12.2. The van der Waals surface area contributed by atoms with Gasteiger partial charge in [0.2, 0.25) is 11.7 Å². The van der Waals surface area contributed by atoms with Crippen molar-refractivity contribution in [1.82, 2.24) is 25.9 Å². The van der Waals surface area contributed by atoms with Gasteiger partial charge in [0.15, 0.2) is 0 Å². The predicted octanol–water partition coefficient (Wildman–Crippen LogP) is 1.08. The Morgan fingerprint density at radius 2 is 2.30 bits per heavy atom. The molecule has 3 rings (SSSR count). The highest BCUT2D eigenvalue weighted by molar-refractivity contribution is 5.91. The Labute approximate surface area is 132 Å². The molecule has 0 spiro atoms. The number of hydrogen-bond acceptors (Lipinski definition) is 6. The number of aromatic amines is 1. The first kappa shape index (κ1) is 14.7. The molecule has 8 nitrogen and oxygen atoms in total. The average Bonchev–Trinajstić information content (AvgIpc) is 3.06. The van der Waals surface area contributed by atoms with Gasteiger partial charge in [-0.3, -0.25) is 4.79 Å². The van der Waals surface area contributed by atoms with Crippen LogP contribution in [0.25, 0.3) is 5.57 Å². The van der Waals surface area contributed by atoms with Crippen molar-refractivity contribution in [3.8, 4) is 6.07 Å². The number of hydrogen-bond donors (Lipinski definition) is 3. The number of aromatic nitrogens is 4. The third-order valence-electron chi connectivity index (χ3n) is 3.86. The van der Waals surface area contributed by atoms with E-state index in [0.717, 1.165) is 16.8 Å². The Balaban J connectivity index is 2.00. The molecule has 2 heterocycles. The number of tetrazole rings is 1. The number of carbonyl (C=O) groups is 1. The van der Waals surface area contributed by atoms with Crippen LogP contribution in [0.3, 0.4) is 0 Å². The molecule has 1 aromatic carbocycles. The van der Waals surface area contributed by atoms with E-state index in [9.17, 15) is 10.1 Å². The SMILES string of the molecule is CC1(C)C(=O)NCc2cccc(NC=C(C#N)c3nn[nH]n3)c21. The number of anilines is 1. The first-order chi connectivity index (χ1) is 11.0. The summed E-state index contributed by atoms with van der Waals surface area (Å²) in [6.07, 6.45) is 1.52. The monoisotopic (exact) mass is 309 g/mol. The van der Waals surface area contributed by atoms with Gasteiger partial charge in [-0.15, -0.1) is 10.2 Å². The van der Waals surface area contributed by atoms with E-state index in [0.29, 0.717) is 6.54 Å². The summed E-state index contributed by atoms with van der Waals surface area (Å²) >= 11 is 0. The largest absolute Gasteiger partial charge is 0.360 e. The molecule has 8 heteroatoms. The molecule has 23 heavy (non-hydrogen) atoms. The van der Waals surface area contributed by atoms with Crippen LogP contribution in [0.15, 0.2) is 24.4 Å². The molecule has 0 unspecified atom stereocenters. The van der Waals surface area contributed by atoms with E-state index in [1.165, 1.54) is 6.20 Å². The molecular weight excluding hydrogens is 294 g/mol. The van der Waals surface area contributed by atoms with E-state index < -0.39 is 5.41 Å². The third-order valence-corrected chi connectivity index (χ3v) is 3.86. The van der Waals surface area contributed by atoms with Crippen molar-refractivity contribution in [2.45, 2.75) is 25.8 Å². The summed E-state index contributed by atoms with van der Waals surface area (Å²) in [7, 11) is 0. The zero-order valence-corrected chi connectivity index (χ0v) is 12.7. The quantitative estimate of drug-likeness (QED) is 0.730. The molecule has 0 fully saturated rings. The van der Waals surface area contributed by atoms with E-state index in [4.69, 9.17) is 0 Å². The lowest BCUT2D eigenvalue weighted by Gasteiger charge is -2.33. The molecule has 0 atom stereocenters. The number of H-pyrrole nitrogens is 1. The molecule has 2 aromatic rings. The number of nitrogens with one attached hydrogen (secondary N) is 3. The lowest BCUT2D eigenvalue weighted by molar-refractivity contribution is -0.126. The molecule has 0 aliphatic carbocycles. The van der Waals surface area contributed by atoms with Gasteiger partial charge in [0.1, 0.15) is 11.6 Å². The van der Waals surface area contributed by atoms with Crippen molar-refractivity contribution in [2.75, 3.05) is 5.32 Å². The number of nitriles is 1. The zero-order valence-electron chi connectivity index (χ0n) is 12.7. The first-order valence-corrected chi connectivity index (χ1v) is 7.05. The highest BCUT2D eigenvalue weighted by atomic mass is 16.2. The van der Waals surface area contributed by atoms with Crippen molar-refractivity contribution in [1.29, 1.82) is 5.26 Å². The fraction of sp³-hybridized carbons (Fsp3) is 0.267. The summed E-state index contributed by atoms with van der Waals surface area (Å²) in [5.74, 6) is 0.184. The van der Waals surface area contributed by atoms with E-state index in [1.807, 2.05) is 38.1 Å². The molecule has 0 saturated heterocycles. The fourth-order valence-corrected chi connectivity index (χ4v) is 2.69. The molecule has 1 aliphatic rings. The van der Waals surface area contributed by atoms with Crippen LogP contribution in [-0.4, -0.2) is 26.5 Å². The van der Waals surface area contributed by atoms with Crippen LogP contribution in [0.1, 0.15) is 30.8 Å². The number of allylic oxidation sites excluding steroid dienone is 1. The van der Waals surface area contributed by atoms with Crippen LogP contribution >= 0.6 is 0 Å². The molecule has 1 aliphatic heterocycles. The van der Waals surface area contributed by atoms with E-state index in [2.05, 4.69) is 31.3 Å². The minimum absolute atomic E-state index is 0.0260. The first-order valence-electron chi connectivity index (χ1n) is 7.05. The second-order valence-corrected chi connectivity index (χ2v) is 5.70. The molecular formula is C15H15N7O. The Hall–Kier alpha value is -3.21. The number of nitrogens with zero attached hydrogens (tertiary/aromatic N) is 4. The normalized spacial score (nSPS) is 16.2. The second kappa shape index (κ2) is 5.53. The van der Waals surface area contributed by atoms with Crippen molar-refractivity contribution in [2.24, 2.45) is 0 Å². The molecule has 1 aromatic heterocycles. The Morgan fingerprint density at radius 3 is 3.00 bits per heavy atom. The fourth-order valence-electron chi connectivity index (χ4n) is 2.69. The Morgan fingerprint density at radius 1 is 1.48 bits per heavy atom. The van der Waals surface area contributed by atoms with Crippen molar-refractivity contribution in [3.63, 3.8) is 0 Å². The van der Waals surface area contributed by atoms with E-state index in [-0.39, 0.29) is 17.3 Å². The van der Waals surface area contributed by atoms with Crippen LogP contribution < -0.4 is 10.6 Å². The topological polar surface area (TPSA) is 119 Å². The van der Waals surface area contributed by atoms with Gasteiger partial charge < -0.3 is 10.6 Å². The number of fused-ring (bicyclic) bond motifs is 1. The Kier molecular flexibility index (Phi) is 3.54. The lowest BCUT2D eigenvalue weighted by atomic mass is 9.77. The summed E-state index contributed by atoms with van der Waals surface area (Å²) in [5.41, 5.74) is 2.33. The summed E-state index contributed by atoms with van der Waals surface area (Å²) in [6, 6.07) is 7.78. The number of amides is 1. The van der Waals surface area contributed by atoms with Crippen molar-refractivity contribution < 1.29 is 4.79 Å². The maximum absolute atomic E-state index is 12.2. The zero-order chi connectivity index (χ0) is 16.4. The minimum Gasteiger partial charge on any atom is -0.360 e. The van der Waals surface area contributed by atoms with Gasteiger partial charge in [-0.25, -0.2) is 0 Å². The Bertz CT molecular complexity index is 815. The van der Waals surface area contributed by atoms with Crippen molar-refractivity contribution >= 4 is 17.2 Å². The van der Waals surface area contributed by atoms with Crippen LogP contribution in [0.4, 0.5) is 5.69 Å². The van der Waals surface area contributed by atoms with Gasteiger partial charge in [0.25, 0.3) is 0 Å². The summed E-state index contributed by atoms with van der Waals surface area (Å²) in [6.45, 7) is 4.24. The van der Waals surface area contributed by atoms with Crippen LogP contribution in [0, 0.1) is 11.3 Å². The van der Waals surface area contributed by atoms with Crippen LogP contribution in [-0.2, 0) is 16.8 Å². The van der Waals surface area contributed by atoms with Gasteiger partial charge in [-0.2, -0.15) is 10.5 Å². The summed E-state index contributed by atoms with van der Waals surface area (Å²) < 4.78 is 0. The number of rotatable bonds is 3. The van der Waals surface area contributed by atoms with Gasteiger partial charge >= 0.3 is 0 Å². The summed E-state index contributed by atoms with van der Waals surface area (Å²) in [4.78, 5) is 12.2. The van der Waals surface area contributed by atoms with Gasteiger partial charge in [-0.1, -0.05) is 12.1 Å².